The van der Waals surface area contributed by atoms with Crippen molar-refractivity contribution in [1.82, 2.24) is 4.90 Å². The molecule has 1 aliphatic heterocycles. The molecule has 1 aromatic rings. The summed E-state index contributed by atoms with van der Waals surface area (Å²) in [7, 11) is 0. The Balaban J connectivity index is 2.09. The first-order valence-corrected chi connectivity index (χ1v) is 10.2. The van der Waals surface area contributed by atoms with Gasteiger partial charge in [-0.15, -0.1) is 0 Å². The van der Waals surface area contributed by atoms with Crippen LogP contribution in [0.1, 0.15) is 53.5 Å². The number of carbonyl (C=O) groups is 2. The van der Waals surface area contributed by atoms with Crippen LogP contribution in [0.2, 0.25) is 0 Å². The summed E-state index contributed by atoms with van der Waals surface area (Å²) in [4.78, 5) is 28.2. The maximum atomic E-state index is 13.0. The SMILES string of the molecule is CC(C)(C)OC(=O)CCN(CC(=O)N1CCc2cc(O)ccc21)C(O)OC(C)(C)C. The molecule has 2 rings (SSSR count). The largest absolute Gasteiger partial charge is 0.508 e. The number of aliphatic hydroxyl groups excluding tert-OH is 1. The number of esters is 1. The number of nitrogens with zero attached hydrogens (tertiary/aromatic N) is 2. The first-order valence-electron chi connectivity index (χ1n) is 10.2. The average molecular weight is 423 g/mol. The predicted octanol–water partition coefficient (Wildman–Crippen LogP) is 2.41. The van der Waals surface area contributed by atoms with Crippen molar-refractivity contribution in [2.75, 3.05) is 24.5 Å². The van der Waals surface area contributed by atoms with Crippen LogP contribution in [0.4, 0.5) is 5.69 Å². The lowest BCUT2D eigenvalue weighted by Gasteiger charge is -2.33. The fraction of sp³-hybridized carbons (Fsp3) is 0.636. The smallest absolute Gasteiger partial charge is 0.307 e. The maximum Gasteiger partial charge on any atom is 0.307 e. The zero-order valence-corrected chi connectivity index (χ0v) is 18.8. The van der Waals surface area contributed by atoms with Gasteiger partial charge < -0.3 is 24.6 Å². The van der Waals surface area contributed by atoms with Gasteiger partial charge in [-0.1, -0.05) is 0 Å². The van der Waals surface area contributed by atoms with Crippen LogP contribution in [0.15, 0.2) is 18.2 Å². The Morgan fingerprint density at radius 2 is 1.83 bits per heavy atom. The second-order valence-electron chi connectivity index (χ2n) is 9.47. The predicted molar refractivity (Wildman–Crippen MR) is 113 cm³/mol. The van der Waals surface area contributed by atoms with Crippen LogP contribution in [-0.2, 0) is 25.5 Å². The molecule has 8 nitrogen and oxygen atoms in total. The number of phenols is 1. The standard InChI is InChI=1S/C22H34N2O6/c1-21(2,3)29-19(27)10-11-23(20(28)30-22(4,5)6)14-18(26)24-12-9-15-13-16(25)7-8-17(15)24/h7-8,13,20,25,28H,9-12,14H2,1-6H3. The molecular weight excluding hydrogens is 388 g/mol. The molecule has 8 heteroatoms. The minimum Gasteiger partial charge on any atom is -0.508 e. The number of hydrogen-bond acceptors (Lipinski definition) is 7. The minimum atomic E-state index is -1.35. The van der Waals surface area contributed by atoms with E-state index >= 15 is 0 Å². The molecule has 1 heterocycles. The molecule has 2 N–H and O–H groups in total. The average Bonchev–Trinajstić information content (AvgIpc) is 2.98. The Kier molecular flexibility index (Phi) is 7.49. The highest BCUT2D eigenvalue weighted by atomic mass is 16.6. The van der Waals surface area contributed by atoms with Crippen molar-refractivity contribution < 1.29 is 29.3 Å². The van der Waals surface area contributed by atoms with Gasteiger partial charge in [-0.3, -0.25) is 9.59 Å². The lowest BCUT2D eigenvalue weighted by molar-refractivity contribution is -0.238. The van der Waals surface area contributed by atoms with Crippen LogP contribution < -0.4 is 4.90 Å². The van der Waals surface area contributed by atoms with E-state index in [1.165, 1.54) is 4.90 Å². The van der Waals surface area contributed by atoms with Gasteiger partial charge in [-0.25, -0.2) is 4.90 Å². The van der Waals surface area contributed by atoms with E-state index < -0.39 is 23.6 Å². The number of ether oxygens (including phenoxy) is 2. The summed E-state index contributed by atoms with van der Waals surface area (Å²) in [6, 6.07) is 4.91. The number of rotatable bonds is 7. The third-order valence-corrected chi connectivity index (χ3v) is 4.39. The van der Waals surface area contributed by atoms with Crippen LogP contribution in [0.5, 0.6) is 5.75 Å². The summed E-state index contributed by atoms with van der Waals surface area (Å²) in [5.41, 5.74) is 0.402. The summed E-state index contributed by atoms with van der Waals surface area (Å²) < 4.78 is 10.9. The number of phenolic OH excluding ortho intramolecular Hbond substituents is 1. The van der Waals surface area contributed by atoms with Crippen molar-refractivity contribution >= 4 is 17.6 Å². The molecule has 30 heavy (non-hydrogen) atoms. The first kappa shape index (κ1) is 24.1. The van der Waals surface area contributed by atoms with Crippen LogP contribution in [0.25, 0.3) is 0 Å². The van der Waals surface area contributed by atoms with Gasteiger partial charge in [-0.05, 0) is 71.7 Å². The van der Waals surface area contributed by atoms with E-state index in [4.69, 9.17) is 9.47 Å². The second kappa shape index (κ2) is 9.32. The Labute approximate surface area is 178 Å². The fourth-order valence-electron chi connectivity index (χ4n) is 3.19. The van der Waals surface area contributed by atoms with Gasteiger partial charge in [0.1, 0.15) is 11.4 Å². The third kappa shape index (κ3) is 7.27. The lowest BCUT2D eigenvalue weighted by atomic mass is 10.1. The van der Waals surface area contributed by atoms with Gasteiger partial charge in [0.15, 0.2) is 0 Å². The number of carbonyl (C=O) groups excluding carboxylic acids is 2. The van der Waals surface area contributed by atoms with Crippen molar-refractivity contribution in [1.29, 1.82) is 0 Å². The zero-order valence-electron chi connectivity index (χ0n) is 18.8. The van der Waals surface area contributed by atoms with Crippen molar-refractivity contribution in [3.63, 3.8) is 0 Å². The number of anilines is 1. The highest BCUT2D eigenvalue weighted by Crippen LogP contribution is 2.31. The Morgan fingerprint density at radius 1 is 1.17 bits per heavy atom. The number of hydrogen-bond donors (Lipinski definition) is 2. The van der Waals surface area contributed by atoms with E-state index in [-0.39, 0.29) is 31.2 Å². The van der Waals surface area contributed by atoms with Crippen molar-refractivity contribution in [2.45, 2.75) is 72.0 Å². The molecule has 1 amide bonds. The molecule has 0 fully saturated rings. The minimum absolute atomic E-state index is 0.0135. The molecule has 0 aromatic heterocycles. The summed E-state index contributed by atoms with van der Waals surface area (Å²) >= 11 is 0. The van der Waals surface area contributed by atoms with Crippen molar-refractivity contribution in [3.8, 4) is 5.75 Å². The molecule has 168 valence electrons. The quantitative estimate of drug-likeness (QED) is 0.514. The van der Waals surface area contributed by atoms with Crippen LogP contribution in [0.3, 0.4) is 0 Å². The topological polar surface area (TPSA) is 99.5 Å². The van der Waals surface area contributed by atoms with Crippen molar-refractivity contribution in [2.24, 2.45) is 0 Å². The molecule has 1 unspecified atom stereocenters. The molecule has 0 aliphatic carbocycles. The number of benzene rings is 1. The zero-order chi connectivity index (χ0) is 22.7. The Bertz CT molecular complexity index is 766. The molecule has 0 saturated carbocycles. The molecule has 0 spiro atoms. The van der Waals surface area contributed by atoms with Gasteiger partial charge in [0, 0.05) is 18.8 Å². The van der Waals surface area contributed by atoms with Gasteiger partial charge in [0.25, 0.3) is 0 Å². The monoisotopic (exact) mass is 422 g/mol. The third-order valence-electron chi connectivity index (χ3n) is 4.39. The molecule has 0 radical (unpaired) electrons. The second-order valence-corrected chi connectivity index (χ2v) is 9.47. The maximum absolute atomic E-state index is 13.0. The van der Waals surface area contributed by atoms with E-state index in [0.29, 0.717) is 13.0 Å². The van der Waals surface area contributed by atoms with E-state index in [1.807, 2.05) is 0 Å². The first-order chi connectivity index (χ1) is 13.7. The molecule has 0 bridgehead atoms. The fourth-order valence-corrected chi connectivity index (χ4v) is 3.19. The normalized spacial score (nSPS) is 15.3. The summed E-state index contributed by atoms with van der Waals surface area (Å²) in [6.45, 7) is 11.2. The van der Waals surface area contributed by atoms with E-state index in [0.717, 1.165) is 11.3 Å². The van der Waals surface area contributed by atoms with Crippen LogP contribution >= 0.6 is 0 Å². The molecule has 1 aromatic carbocycles. The van der Waals surface area contributed by atoms with E-state index in [2.05, 4.69) is 0 Å². The Hall–Kier alpha value is -2.16. The molecule has 1 aliphatic rings. The van der Waals surface area contributed by atoms with Gasteiger partial charge in [0.2, 0.25) is 12.3 Å². The number of fused-ring (bicyclic) bond motifs is 1. The lowest BCUT2D eigenvalue weighted by Crippen LogP contribution is -2.48. The number of aliphatic hydroxyl groups is 1. The van der Waals surface area contributed by atoms with E-state index in [9.17, 15) is 19.8 Å². The Morgan fingerprint density at radius 3 is 2.43 bits per heavy atom. The highest BCUT2D eigenvalue weighted by molar-refractivity contribution is 5.96. The number of amides is 1. The van der Waals surface area contributed by atoms with Crippen LogP contribution in [-0.4, -0.2) is 64.2 Å². The van der Waals surface area contributed by atoms with Gasteiger partial charge in [-0.2, -0.15) is 0 Å². The summed E-state index contributed by atoms with van der Waals surface area (Å²) in [5.74, 6) is -0.471. The molecule has 0 saturated heterocycles. The molecular formula is C22H34N2O6. The van der Waals surface area contributed by atoms with Gasteiger partial charge >= 0.3 is 5.97 Å². The number of aromatic hydroxyl groups is 1. The van der Waals surface area contributed by atoms with Crippen LogP contribution in [0, 0.1) is 0 Å². The highest BCUT2D eigenvalue weighted by Gasteiger charge is 2.30. The summed E-state index contributed by atoms with van der Waals surface area (Å²) in [5, 5.41) is 20.2. The van der Waals surface area contributed by atoms with E-state index in [1.54, 1.807) is 64.6 Å². The summed E-state index contributed by atoms with van der Waals surface area (Å²) in [6.07, 6.45) is -0.688. The molecule has 1 atom stereocenters. The van der Waals surface area contributed by atoms with Crippen molar-refractivity contribution in [3.05, 3.63) is 23.8 Å². The van der Waals surface area contributed by atoms with Gasteiger partial charge in [0.05, 0.1) is 18.6 Å².